The zero-order valence-corrected chi connectivity index (χ0v) is 13.4. The molecule has 0 amide bonds. The van der Waals surface area contributed by atoms with Crippen molar-refractivity contribution in [1.29, 1.82) is 0 Å². The minimum atomic E-state index is -3.11. The summed E-state index contributed by atoms with van der Waals surface area (Å²) >= 11 is 0. The number of nitrogens with one attached hydrogen (secondary N) is 1. The normalized spacial score (nSPS) is 26.2. The SMILES string of the molecule is O=S(=O)(NC1CCCN(c2cc(C3CC3)ncn2)C1)C1CC1. The number of piperidine rings is 1. The van der Waals surface area contributed by atoms with Gasteiger partial charge in [-0.2, -0.15) is 0 Å². The summed E-state index contributed by atoms with van der Waals surface area (Å²) in [6.45, 7) is 1.63. The van der Waals surface area contributed by atoms with Crippen LogP contribution in [-0.2, 0) is 10.0 Å². The van der Waals surface area contributed by atoms with Crippen molar-refractivity contribution in [2.24, 2.45) is 0 Å². The Morgan fingerprint density at radius 1 is 1.14 bits per heavy atom. The van der Waals surface area contributed by atoms with Crippen molar-refractivity contribution in [2.45, 2.75) is 55.7 Å². The highest BCUT2D eigenvalue weighted by Gasteiger charge is 2.37. The Bertz CT molecular complexity index is 655. The molecule has 3 aliphatic rings. The van der Waals surface area contributed by atoms with Gasteiger partial charge in [-0.3, -0.25) is 0 Å². The van der Waals surface area contributed by atoms with Gasteiger partial charge in [-0.05, 0) is 38.5 Å². The highest BCUT2D eigenvalue weighted by Crippen LogP contribution is 2.39. The lowest BCUT2D eigenvalue weighted by molar-refractivity contribution is 0.463. The summed E-state index contributed by atoms with van der Waals surface area (Å²) in [5, 5.41) is -0.150. The first-order chi connectivity index (χ1) is 10.6. The summed E-state index contributed by atoms with van der Waals surface area (Å²) in [4.78, 5) is 10.9. The molecule has 2 aliphatic carbocycles. The second-order valence-corrected chi connectivity index (χ2v) is 8.72. The number of nitrogens with zero attached hydrogens (tertiary/aromatic N) is 3. The maximum absolute atomic E-state index is 12.1. The molecule has 120 valence electrons. The van der Waals surface area contributed by atoms with Crippen LogP contribution in [0.4, 0.5) is 5.82 Å². The first-order valence-corrected chi connectivity index (χ1v) is 9.74. The van der Waals surface area contributed by atoms with Gasteiger partial charge in [-0.25, -0.2) is 23.1 Å². The van der Waals surface area contributed by atoms with Crippen LogP contribution in [0.5, 0.6) is 0 Å². The fourth-order valence-electron chi connectivity index (χ4n) is 3.13. The van der Waals surface area contributed by atoms with E-state index in [1.54, 1.807) is 6.33 Å². The lowest BCUT2D eigenvalue weighted by atomic mass is 10.1. The predicted molar refractivity (Wildman–Crippen MR) is 84.3 cm³/mol. The minimum absolute atomic E-state index is 0.00121. The average molecular weight is 322 g/mol. The fourth-order valence-corrected chi connectivity index (χ4v) is 4.73. The molecule has 1 aliphatic heterocycles. The highest BCUT2D eigenvalue weighted by molar-refractivity contribution is 7.90. The molecule has 22 heavy (non-hydrogen) atoms. The van der Waals surface area contributed by atoms with Gasteiger partial charge in [0.15, 0.2) is 0 Å². The summed E-state index contributed by atoms with van der Waals surface area (Å²) in [5.41, 5.74) is 1.13. The molecule has 0 spiro atoms. The van der Waals surface area contributed by atoms with Crippen molar-refractivity contribution in [3.63, 3.8) is 0 Å². The van der Waals surface area contributed by atoms with Crippen LogP contribution in [0.1, 0.15) is 50.1 Å². The van der Waals surface area contributed by atoms with E-state index in [2.05, 4.69) is 25.7 Å². The topological polar surface area (TPSA) is 75.2 Å². The van der Waals surface area contributed by atoms with Crippen molar-refractivity contribution >= 4 is 15.8 Å². The van der Waals surface area contributed by atoms with Crippen molar-refractivity contribution < 1.29 is 8.42 Å². The van der Waals surface area contributed by atoms with Crippen LogP contribution in [0.25, 0.3) is 0 Å². The van der Waals surface area contributed by atoms with Crippen LogP contribution in [0.3, 0.4) is 0 Å². The van der Waals surface area contributed by atoms with Crippen molar-refractivity contribution in [2.75, 3.05) is 18.0 Å². The number of hydrogen-bond acceptors (Lipinski definition) is 5. The second kappa shape index (κ2) is 5.45. The number of sulfonamides is 1. The Balaban J connectivity index is 1.45. The van der Waals surface area contributed by atoms with Gasteiger partial charge in [0.25, 0.3) is 0 Å². The zero-order chi connectivity index (χ0) is 15.2. The maximum atomic E-state index is 12.1. The molecule has 1 N–H and O–H groups in total. The summed E-state index contributed by atoms with van der Waals surface area (Å²) in [7, 11) is -3.11. The van der Waals surface area contributed by atoms with E-state index >= 15 is 0 Å². The van der Waals surface area contributed by atoms with Gasteiger partial charge in [0.1, 0.15) is 12.1 Å². The molecule has 1 saturated heterocycles. The molecule has 1 aromatic rings. The zero-order valence-electron chi connectivity index (χ0n) is 12.6. The van der Waals surface area contributed by atoms with E-state index < -0.39 is 10.0 Å². The average Bonchev–Trinajstić information content (AvgIpc) is 3.40. The Labute approximate surface area is 131 Å². The molecule has 0 bridgehead atoms. The lowest BCUT2D eigenvalue weighted by Crippen LogP contribution is -2.48. The monoisotopic (exact) mass is 322 g/mol. The van der Waals surface area contributed by atoms with E-state index in [1.165, 1.54) is 12.8 Å². The smallest absolute Gasteiger partial charge is 0.214 e. The molecule has 3 fully saturated rings. The molecule has 0 aromatic carbocycles. The van der Waals surface area contributed by atoms with Crippen molar-refractivity contribution in [3.8, 4) is 0 Å². The third kappa shape index (κ3) is 3.10. The fraction of sp³-hybridized carbons (Fsp3) is 0.733. The Hall–Kier alpha value is -1.21. The van der Waals surface area contributed by atoms with Gasteiger partial charge in [0.05, 0.1) is 5.25 Å². The standard InChI is InChI=1S/C15H22N4O2S/c20-22(21,13-5-6-13)18-12-2-1-7-19(9-12)15-8-14(11-3-4-11)16-10-17-15/h8,10-13,18H,1-7,9H2. The van der Waals surface area contributed by atoms with E-state index in [-0.39, 0.29) is 11.3 Å². The number of rotatable bonds is 5. The second-order valence-electron chi connectivity index (χ2n) is 6.72. The third-order valence-electron chi connectivity index (χ3n) is 4.71. The Morgan fingerprint density at radius 2 is 1.95 bits per heavy atom. The molecule has 1 unspecified atom stereocenters. The van der Waals surface area contributed by atoms with Crippen LogP contribution in [0.15, 0.2) is 12.4 Å². The van der Waals surface area contributed by atoms with Gasteiger partial charge < -0.3 is 4.90 Å². The minimum Gasteiger partial charge on any atom is -0.355 e. The van der Waals surface area contributed by atoms with Crippen molar-refractivity contribution in [1.82, 2.24) is 14.7 Å². The van der Waals surface area contributed by atoms with Gasteiger partial charge in [-0.15, -0.1) is 0 Å². The van der Waals surface area contributed by atoms with Crippen LogP contribution < -0.4 is 9.62 Å². The van der Waals surface area contributed by atoms with Crippen LogP contribution in [0, 0.1) is 0 Å². The molecule has 7 heteroatoms. The number of hydrogen-bond donors (Lipinski definition) is 1. The molecule has 1 aromatic heterocycles. The van der Waals surface area contributed by atoms with Gasteiger partial charge in [-0.1, -0.05) is 0 Å². The Kier molecular flexibility index (Phi) is 3.57. The van der Waals surface area contributed by atoms with Gasteiger partial charge in [0.2, 0.25) is 10.0 Å². The lowest BCUT2D eigenvalue weighted by Gasteiger charge is -2.33. The van der Waals surface area contributed by atoms with E-state index in [1.807, 2.05) is 0 Å². The number of aromatic nitrogens is 2. The molecular weight excluding hydrogens is 300 g/mol. The van der Waals surface area contributed by atoms with Crippen molar-refractivity contribution in [3.05, 3.63) is 18.1 Å². The largest absolute Gasteiger partial charge is 0.355 e. The summed E-state index contributed by atoms with van der Waals surface area (Å²) < 4.78 is 27.1. The van der Waals surface area contributed by atoms with E-state index in [4.69, 9.17) is 0 Å². The molecular formula is C15H22N4O2S. The van der Waals surface area contributed by atoms with E-state index in [0.717, 1.165) is 43.7 Å². The summed E-state index contributed by atoms with van der Waals surface area (Å²) in [6.07, 6.45) is 7.59. The van der Waals surface area contributed by atoms with Gasteiger partial charge in [0, 0.05) is 36.8 Å². The van der Waals surface area contributed by atoms with E-state index in [9.17, 15) is 8.42 Å². The molecule has 1 atom stereocenters. The first kappa shape index (κ1) is 14.4. The Morgan fingerprint density at radius 3 is 2.68 bits per heavy atom. The summed E-state index contributed by atoms with van der Waals surface area (Å²) in [6, 6.07) is 2.08. The van der Waals surface area contributed by atoms with Gasteiger partial charge >= 0.3 is 0 Å². The molecule has 0 radical (unpaired) electrons. The first-order valence-electron chi connectivity index (χ1n) is 8.20. The van der Waals surface area contributed by atoms with Crippen LogP contribution in [-0.4, -0.2) is 42.8 Å². The third-order valence-corrected chi connectivity index (χ3v) is 6.72. The van der Waals surface area contributed by atoms with Crippen LogP contribution in [0.2, 0.25) is 0 Å². The predicted octanol–water partition coefficient (Wildman–Crippen LogP) is 1.40. The number of anilines is 1. The summed E-state index contributed by atoms with van der Waals surface area (Å²) in [5.74, 6) is 1.54. The highest BCUT2D eigenvalue weighted by atomic mass is 32.2. The molecule has 2 heterocycles. The van der Waals surface area contributed by atoms with E-state index in [0.29, 0.717) is 12.5 Å². The quantitative estimate of drug-likeness (QED) is 0.887. The maximum Gasteiger partial charge on any atom is 0.214 e. The van der Waals surface area contributed by atoms with Crippen LogP contribution >= 0.6 is 0 Å². The molecule has 6 nitrogen and oxygen atoms in total. The molecule has 4 rings (SSSR count). The molecule has 2 saturated carbocycles.